The Labute approximate surface area is 886 Å². The van der Waals surface area contributed by atoms with Gasteiger partial charge in [-0.25, -0.2) is 0 Å². The van der Waals surface area contributed by atoms with Crippen LogP contribution in [0.1, 0.15) is 239 Å². The fourth-order valence-corrected chi connectivity index (χ4v) is 22.1. The standard InChI is InChI=1S/C12H20.8C10H8.2C9H16.C8H14.4C3H8.8CH4O/c1-12(2)7-8-6-11(12)10-5-3-4-9(8)10;8*1-2-6-10-8-4-3-7-9(10)5-1;1-9(2)6-7-3-4-8(9)5-7;1-9(2)7-3-4-8(9)6-5-7;1-8(2)6-3-4-7(8)5-6;4*1-3-2;8*1-2/h8-11H,3-7H2,1-2H3;8*1-8H;2*7-8H,3-6H2,1-2H3;6-7H,3-5H2,1-2H3;4*3H2,1-2H3;8*2H,1H3. The van der Waals surface area contributed by atoms with Crippen molar-refractivity contribution in [2.75, 3.05) is 56.9 Å². The van der Waals surface area contributed by atoms with Crippen LogP contribution >= 0.6 is 0 Å². The molecule has 8 atom stereocenters. The molecule has 10 aliphatic rings. The van der Waals surface area contributed by atoms with Crippen molar-refractivity contribution in [3.05, 3.63) is 388 Å². The van der Waals surface area contributed by atoms with E-state index in [1.807, 2.05) is 0 Å². The van der Waals surface area contributed by atoms with Crippen LogP contribution in [0, 0.1) is 80.8 Å². The minimum Gasteiger partial charge on any atom is -0.400 e. The molecule has 8 nitrogen and oxygen atoms in total. The number of aliphatic hydroxyl groups is 8. The van der Waals surface area contributed by atoms with Crippen LogP contribution < -0.4 is 0 Å². The number of hydrogen-bond donors (Lipinski definition) is 8. The van der Waals surface area contributed by atoms with Crippen molar-refractivity contribution in [1.82, 2.24) is 0 Å². The molecule has 10 saturated carbocycles. The van der Waals surface area contributed by atoms with Crippen LogP contribution in [0.5, 0.6) is 0 Å². The second-order valence-corrected chi connectivity index (χ2v) is 40.6. The normalized spacial score (nSPS) is 19.1. The first-order chi connectivity index (χ1) is 71.2. The highest BCUT2D eigenvalue weighted by Crippen LogP contribution is 2.66. The molecule has 16 aromatic rings. The van der Waals surface area contributed by atoms with E-state index < -0.39 is 0 Å². The highest BCUT2D eigenvalue weighted by atomic mass is 16.2. The topological polar surface area (TPSA) is 162 Å². The Morgan fingerprint density at radius 2 is 0.336 bits per heavy atom. The van der Waals surface area contributed by atoms with Crippen molar-refractivity contribution in [1.29, 1.82) is 0 Å². The van der Waals surface area contributed by atoms with Crippen LogP contribution in [0.25, 0.3) is 86.2 Å². The van der Waals surface area contributed by atoms with E-state index in [1.165, 1.54) is 176 Å². The van der Waals surface area contributed by atoms with Crippen LogP contribution in [-0.4, -0.2) is 97.7 Å². The van der Waals surface area contributed by atoms with Gasteiger partial charge in [0.1, 0.15) is 0 Å². The largest absolute Gasteiger partial charge is 0.400 e. The predicted octanol–water partition coefficient (Wildman–Crippen LogP) is 36.8. The molecule has 0 amide bonds. The van der Waals surface area contributed by atoms with E-state index >= 15 is 0 Å². The Bertz CT molecular complexity index is 4450. The average Bonchev–Trinajstić information content (AvgIpc) is 1.58. The zero-order valence-corrected chi connectivity index (χ0v) is 94.4. The van der Waals surface area contributed by atoms with Crippen molar-refractivity contribution in [2.45, 2.75) is 239 Å². The third kappa shape index (κ3) is 44.4. The van der Waals surface area contributed by atoms with Crippen LogP contribution in [0.4, 0.5) is 0 Å². The van der Waals surface area contributed by atoms with Crippen LogP contribution in [-0.2, 0) is 0 Å². The molecule has 794 valence electrons. The van der Waals surface area contributed by atoms with Crippen LogP contribution in [0.3, 0.4) is 0 Å². The maximum absolute atomic E-state index is 7.00. The Kier molecular flexibility index (Phi) is 69.8. The van der Waals surface area contributed by atoms with Gasteiger partial charge in [-0.05, 0) is 257 Å². The Morgan fingerprint density at radius 3 is 0.452 bits per heavy atom. The van der Waals surface area contributed by atoms with Crippen molar-refractivity contribution in [3.8, 4) is 0 Å². The second-order valence-electron chi connectivity index (χ2n) is 40.6. The lowest BCUT2D eigenvalue weighted by molar-refractivity contribution is 0.0523. The van der Waals surface area contributed by atoms with Gasteiger partial charge in [0.2, 0.25) is 0 Å². The zero-order valence-electron chi connectivity index (χ0n) is 94.4. The van der Waals surface area contributed by atoms with Crippen molar-refractivity contribution >= 4 is 86.2 Å². The molecule has 8 N–H and O–H groups in total. The lowest BCUT2D eigenvalue weighted by Gasteiger charge is -2.44. The summed E-state index contributed by atoms with van der Waals surface area (Å²) in [5.41, 5.74) is 2.89. The summed E-state index contributed by atoms with van der Waals surface area (Å²) in [5, 5.41) is 77.0. The molecule has 8 heteroatoms. The van der Waals surface area contributed by atoms with Gasteiger partial charge < -0.3 is 40.9 Å². The highest BCUT2D eigenvalue weighted by Gasteiger charge is 2.57. The smallest absolute Gasteiger partial charge is 0.0319 e. The molecule has 16 aromatic carbocycles. The first-order valence-corrected chi connectivity index (χ1v) is 54.3. The molecule has 26 rings (SSSR count). The van der Waals surface area contributed by atoms with E-state index in [2.05, 4.69) is 499 Å². The molecule has 146 heavy (non-hydrogen) atoms. The van der Waals surface area contributed by atoms with E-state index in [9.17, 15) is 0 Å². The second kappa shape index (κ2) is 77.6. The molecule has 10 aliphatic carbocycles. The van der Waals surface area contributed by atoms with Gasteiger partial charge in [-0.3, -0.25) is 0 Å². The lowest BCUT2D eigenvalue weighted by Crippen LogP contribution is -2.36. The maximum atomic E-state index is 7.00. The number of fused-ring (bicyclic) bond motifs is 18. The first kappa shape index (κ1) is 131. The Hall–Kier alpha value is -10.7. The molecule has 0 saturated heterocycles. The van der Waals surface area contributed by atoms with E-state index in [0.717, 1.165) is 121 Å². The molecule has 0 heterocycles. The SMILES string of the molecule is CC1(C)C2CCC1C2.CC1(C)C2CCC1CC2.CC1(C)CC2CC1C1CCCC21.CC1(C)CC2CCC1C2.CCC.CCC.CCC.CCC.CO.CO.CO.CO.CO.CO.CO.CO.c1ccc2ccccc2c1.c1ccc2ccccc2c1.c1ccc2ccccc2c1.c1ccc2ccccc2c1.c1ccc2ccccc2c1.c1ccc2ccccc2c1.c1ccc2ccccc2c1.c1ccc2ccccc2c1. The molecule has 0 spiro atoms. The zero-order chi connectivity index (χ0) is 108. The summed E-state index contributed by atoms with van der Waals surface area (Å²) in [4.78, 5) is 0. The van der Waals surface area contributed by atoms with Gasteiger partial charge in [0.25, 0.3) is 0 Å². The number of aliphatic hydroxyl groups excluding tert-OH is 8. The summed E-state index contributed by atoms with van der Waals surface area (Å²) in [6, 6.07) is 134. The summed E-state index contributed by atoms with van der Waals surface area (Å²) in [5.74, 6) is 11.1. The quantitative estimate of drug-likeness (QED) is 0.0744. The molecular formula is C138H194O8. The van der Waals surface area contributed by atoms with Gasteiger partial charge >= 0.3 is 0 Å². The van der Waals surface area contributed by atoms with Crippen molar-refractivity contribution in [2.24, 2.45) is 80.8 Å². The summed E-state index contributed by atoms with van der Waals surface area (Å²) in [6.45, 7) is 36.7. The third-order valence-electron chi connectivity index (χ3n) is 29.2. The van der Waals surface area contributed by atoms with Crippen molar-refractivity contribution in [3.63, 3.8) is 0 Å². The molecule has 0 aromatic heterocycles. The van der Waals surface area contributed by atoms with E-state index in [4.69, 9.17) is 40.9 Å². The molecular weight excluding hydrogens is 1790 g/mol. The van der Waals surface area contributed by atoms with E-state index in [1.54, 1.807) is 44.9 Å². The summed E-state index contributed by atoms with van der Waals surface area (Å²) >= 11 is 0. The van der Waals surface area contributed by atoms with Gasteiger partial charge in [-0.15, -0.1) is 0 Å². The minimum absolute atomic E-state index is 0.705. The minimum atomic E-state index is 0.705. The van der Waals surface area contributed by atoms with Gasteiger partial charge in [-0.1, -0.05) is 538 Å². The molecule has 8 bridgehead atoms. The number of hydrogen-bond acceptors (Lipinski definition) is 8. The summed E-state index contributed by atoms with van der Waals surface area (Å²) in [7, 11) is 8.00. The first-order valence-electron chi connectivity index (χ1n) is 54.3. The molecule has 10 fully saturated rings. The van der Waals surface area contributed by atoms with E-state index in [0.29, 0.717) is 10.8 Å². The fraction of sp³-hybridized carbons (Fsp3) is 0.420. The number of rotatable bonds is 0. The average molecular weight is 1980 g/mol. The van der Waals surface area contributed by atoms with Crippen molar-refractivity contribution < 1.29 is 40.9 Å². The van der Waals surface area contributed by atoms with Gasteiger partial charge in [0.15, 0.2) is 0 Å². The van der Waals surface area contributed by atoms with Crippen LogP contribution in [0.2, 0.25) is 0 Å². The third-order valence-corrected chi connectivity index (χ3v) is 29.2. The molecule has 0 aliphatic heterocycles. The maximum Gasteiger partial charge on any atom is 0.0319 e. The number of benzene rings is 16. The Morgan fingerprint density at radius 1 is 0.178 bits per heavy atom. The molecule has 0 radical (unpaired) electrons. The van der Waals surface area contributed by atoms with Gasteiger partial charge in [-0.2, -0.15) is 0 Å². The van der Waals surface area contributed by atoms with Gasteiger partial charge in [0, 0.05) is 56.9 Å². The summed E-state index contributed by atoms with van der Waals surface area (Å²) < 4.78 is 0. The molecule has 8 unspecified atom stereocenters. The Balaban J connectivity index is 0.000000526. The van der Waals surface area contributed by atoms with Gasteiger partial charge in [0.05, 0.1) is 0 Å². The lowest BCUT2D eigenvalue weighted by atomic mass is 9.61. The predicted molar refractivity (Wildman–Crippen MR) is 644 cm³/mol. The monoisotopic (exact) mass is 1980 g/mol. The van der Waals surface area contributed by atoms with E-state index in [-0.39, 0.29) is 0 Å². The summed E-state index contributed by atoms with van der Waals surface area (Å²) in [6.07, 6.45) is 29.6. The van der Waals surface area contributed by atoms with Crippen LogP contribution in [0.15, 0.2) is 388 Å². The highest BCUT2D eigenvalue weighted by molar-refractivity contribution is 5.87. The fourth-order valence-electron chi connectivity index (χ4n) is 22.1.